The van der Waals surface area contributed by atoms with Crippen LogP contribution >= 0.6 is 11.6 Å². The van der Waals surface area contributed by atoms with Gasteiger partial charge in [0.05, 0.1) is 10.8 Å². The van der Waals surface area contributed by atoms with E-state index in [1.165, 1.54) is 16.4 Å². The van der Waals surface area contributed by atoms with Crippen LogP contribution in [0.2, 0.25) is 5.02 Å². The van der Waals surface area contributed by atoms with Crippen LogP contribution in [0.25, 0.3) is 0 Å². The number of aryl methyl sites for hydroxylation is 1. The Morgan fingerprint density at radius 3 is 2.67 bits per heavy atom. The van der Waals surface area contributed by atoms with E-state index < -0.39 is 28.0 Å². The van der Waals surface area contributed by atoms with Crippen LogP contribution in [0.15, 0.2) is 23.1 Å². The Kier molecular flexibility index (Phi) is 4.60. The van der Waals surface area contributed by atoms with Crippen molar-refractivity contribution >= 4 is 27.6 Å². The lowest BCUT2D eigenvalue weighted by Crippen LogP contribution is -2.48. The van der Waals surface area contributed by atoms with E-state index in [2.05, 4.69) is 0 Å². The largest absolute Gasteiger partial charge is 0.481 e. The van der Waals surface area contributed by atoms with Gasteiger partial charge in [0.15, 0.2) is 0 Å². The van der Waals surface area contributed by atoms with Gasteiger partial charge in [0, 0.05) is 17.6 Å². The van der Waals surface area contributed by atoms with Crippen LogP contribution < -0.4 is 0 Å². The van der Waals surface area contributed by atoms with Crippen molar-refractivity contribution in [1.29, 1.82) is 0 Å². The summed E-state index contributed by atoms with van der Waals surface area (Å²) < 4.78 is 26.7. The van der Waals surface area contributed by atoms with Crippen molar-refractivity contribution < 1.29 is 18.3 Å². The molecular formula is C14H18ClNO4S. The zero-order valence-corrected chi connectivity index (χ0v) is 13.5. The van der Waals surface area contributed by atoms with Crippen molar-refractivity contribution in [3.05, 3.63) is 28.8 Å². The van der Waals surface area contributed by atoms with Crippen molar-refractivity contribution in [2.75, 3.05) is 6.54 Å². The number of carbonyl (C=O) groups is 1. The molecule has 1 aromatic rings. The number of hydrogen-bond donors (Lipinski definition) is 1. The molecule has 1 aromatic carbocycles. The predicted octanol–water partition coefficient (Wildman–Crippen LogP) is 2.52. The van der Waals surface area contributed by atoms with Crippen LogP contribution in [0.5, 0.6) is 0 Å². The summed E-state index contributed by atoms with van der Waals surface area (Å²) in [5.74, 6) is -1.63. The normalized spacial score (nSPS) is 24.0. The fourth-order valence-electron chi connectivity index (χ4n) is 2.65. The molecule has 0 bridgehead atoms. The molecule has 1 saturated heterocycles. The third-order valence-electron chi connectivity index (χ3n) is 4.00. The molecule has 21 heavy (non-hydrogen) atoms. The Hall–Kier alpha value is -1.11. The van der Waals surface area contributed by atoms with E-state index in [4.69, 9.17) is 11.6 Å². The molecule has 0 unspecified atom stereocenters. The highest BCUT2D eigenvalue weighted by atomic mass is 35.5. The SMILES string of the molecule is Cc1ccc(S(=O)(=O)N2CCC[C@@H](C(=O)O)[C@H]2C)cc1Cl. The van der Waals surface area contributed by atoms with Crippen LogP contribution in [-0.4, -0.2) is 36.4 Å². The fourth-order valence-corrected chi connectivity index (χ4v) is 4.63. The summed E-state index contributed by atoms with van der Waals surface area (Å²) >= 11 is 6.00. The minimum atomic E-state index is -3.73. The van der Waals surface area contributed by atoms with E-state index in [9.17, 15) is 18.3 Å². The molecular weight excluding hydrogens is 314 g/mol. The summed E-state index contributed by atoms with van der Waals surface area (Å²) in [4.78, 5) is 11.3. The molecule has 0 radical (unpaired) electrons. The van der Waals surface area contributed by atoms with E-state index in [1.54, 1.807) is 19.9 Å². The van der Waals surface area contributed by atoms with Gasteiger partial charge >= 0.3 is 5.97 Å². The highest BCUT2D eigenvalue weighted by Crippen LogP contribution is 2.30. The van der Waals surface area contributed by atoms with Crippen LogP contribution in [0.1, 0.15) is 25.3 Å². The lowest BCUT2D eigenvalue weighted by molar-refractivity contribution is -0.144. The molecule has 5 nitrogen and oxygen atoms in total. The lowest BCUT2D eigenvalue weighted by atomic mass is 9.92. The van der Waals surface area contributed by atoms with Crippen LogP contribution in [-0.2, 0) is 14.8 Å². The van der Waals surface area contributed by atoms with Gasteiger partial charge in [0.2, 0.25) is 10.0 Å². The van der Waals surface area contributed by atoms with Crippen LogP contribution in [0.3, 0.4) is 0 Å². The summed E-state index contributed by atoms with van der Waals surface area (Å²) in [6.07, 6.45) is 1.04. The van der Waals surface area contributed by atoms with Crippen molar-refractivity contribution in [1.82, 2.24) is 4.31 Å². The minimum absolute atomic E-state index is 0.107. The highest BCUT2D eigenvalue weighted by Gasteiger charge is 2.39. The number of rotatable bonds is 3. The first kappa shape index (κ1) is 16.3. The molecule has 0 amide bonds. The number of nitrogens with zero attached hydrogens (tertiary/aromatic N) is 1. The first-order valence-electron chi connectivity index (χ1n) is 6.76. The lowest BCUT2D eigenvalue weighted by Gasteiger charge is -2.36. The number of carboxylic acid groups (broad SMARTS) is 1. The van der Waals surface area contributed by atoms with Crippen molar-refractivity contribution in [2.24, 2.45) is 5.92 Å². The first-order chi connectivity index (χ1) is 9.75. The topological polar surface area (TPSA) is 74.7 Å². The standard InChI is InChI=1S/C14H18ClNO4S/c1-9-5-6-11(8-13(9)15)21(19,20)16-7-3-4-12(10(16)2)14(17)18/h5-6,8,10,12H,3-4,7H2,1-2H3,(H,17,18)/t10-,12-/m1/s1. The van der Waals surface area contributed by atoms with Gasteiger partial charge in [0.25, 0.3) is 0 Å². The predicted molar refractivity (Wildman–Crippen MR) is 79.9 cm³/mol. The molecule has 1 N–H and O–H groups in total. The Labute approximate surface area is 129 Å². The van der Waals surface area contributed by atoms with Crippen molar-refractivity contribution in [3.8, 4) is 0 Å². The maximum absolute atomic E-state index is 12.7. The third kappa shape index (κ3) is 3.07. The Bertz CT molecular complexity index is 659. The van der Waals surface area contributed by atoms with E-state index in [0.29, 0.717) is 24.4 Å². The molecule has 1 fully saturated rings. The number of aliphatic carboxylic acids is 1. The number of benzene rings is 1. The number of carboxylic acids is 1. The average molecular weight is 332 g/mol. The second-order valence-corrected chi connectivity index (χ2v) is 7.65. The number of hydrogen-bond acceptors (Lipinski definition) is 3. The maximum Gasteiger partial charge on any atom is 0.308 e. The molecule has 2 atom stereocenters. The molecule has 1 aliphatic heterocycles. The van der Waals surface area contributed by atoms with Gasteiger partial charge in [-0.25, -0.2) is 8.42 Å². The molecule has 1 aliphatic rings. The van der Waals surface area contributed by atoms with Gasteiger partial charge in [-0.05, 0) is 44.4 Å². The van der Waals surface area contributed by atoms with Gasteiger partial charge in [-0.15, -0.1) is 0 Å². The van der Waals surface area contributed by atoms with E-state index in [-0.39, 0.29) is 4.90 Å². The summed E-state index contributed by atoms with van der Waals surface area (Å²) in [5, 5.41) is 9.59. The molecule has 0 aliphatic carbocycles. The second kappa shape index (κ2) is 5.94. The average Bonchev–Trinajstić information content (AvgIpc) is 2.41. The highest BCUT2D eigenvalue weighted by molar-refractivity contribution is 7.89. The van der Waals surface area contributed by atoms with E-state index in [0.717, 1.165) is 5.56 Å². The van der Waals surface area contributed by atoms with E-state index >= 15 is 0 Å². The van der Waals surface area contributed by atoms with Crippen molar-refractivity contribution in [2.45, 2.75) is 37.6 Å². The second-order valence-electron chi connectivity index (χ2n) is 5.35. The quantitative estimate of drug-likeness (QED) is 0.923. The molecule has 0 saturated carbocycles. The Morgan fingerprint density at radius 1 is 1.43 bits per heavy atom. The Morgan fingerprint density at radius 2 is 2.10 bits per heavy atom. The smallest absolute Gasteiger partial charge is 0.308 e. The summed E-state index contributed by atoms with van der Waals surface area (Å²) in [7, 11) is -3.73. The Balaban J connectivity index is 2.38. The molecule has 0 spiro atoms. The number of halogens is 1. The first-order valence-corrected chi connectivity index (χ1v) is 8.57. The summed E-state index contributed by atoms with van der Waals surface area (Å²) in [5.41, 5.74) is 0.797. The zero-order valence-electron chi connectivity index (χ0n) is 11.9. The van der Waals surface area contributed by atoms with Gasteiger partial charge in [0.1, 0.15) is 0 Å². The monoisotopic (exact) mass is 331 g/mol. The zero-order chi connectivity index (χ0) is 15.8. The van der Waals surface area contributed by atoms with Gasteiger partial charge in [-0.2, -0.15) is 4.31 Å². The van der Waals surface area contributed by atoms with E-state index in [1.807, 2.05) is 0 Å². The van der Waals surface area contributed by atoms with Gasteiger partial charge < -0.3 is 5.11 Å². The molecule has 116 valence electrons. The number of piperidine rings is 1. The van der Waals surface area contributed by atoms with Crippen LogP contribution in [0.4, 0.5) is 0 Å². The van der Waals surface area contributed by atoms with Gasteiger partial charge in [-0.3, -0.25) is 4.79 Å². The van der Waals surface area contributed by atoms with Crippen LogP contribution in [0, 0.1) is 12.8 Å². The summed E-state index contributed by atoms with van der Waals surface area (Å²) in [6, 6.07) is 4.01. The van der Waals surface area contributed by atoms with Gasteiger partial charge in [-0.1, -0.05) is 17.7 Å². The molecule has 7 heteroatoms. The van der Waals surface area contributed by atoms with Crippen molar-refractivity contribution in [3.63, 3.8) is 0 Å². The molecule has 2 rings (SSSR count). The minimum Gasteiger partial charge on any atom is -0.481 e. The summed E-state index contributed by atoms with van der Waals surface area (Å²) in [6.45, 7) is 3.77. The maximum atomic E-state index is 12.7. The third-order valence-corrected chi connectivity index (χ3v) is 6.39. The number of sulfonamides is 1. The fraction of sp³-hybridized carbons (Fsp3) is 0.500. The molecule has 0 aromatic heterocycles. The molecule has 1 heterocycles.